The molecule has 7 heteroatoms. The van der Waals surface area contributed by atoms with Crippen LogP contribution >= 0.6 is 7.14 Å². The second-order valence-electron chi connectivity index (χ2n) is 13.2. The van der Waals surface area contributed by atoms with Gasteiger partial charge < -0.3 is 4.57 Å². The van der Waals surface area contributed by atoms with Crippen molar-refractivity contribution in [2.24, 2.45) is 0 Å². The Morgan fingerprint density at radius 2 is 0.800 bits per heavy atom. The van der Waals surface area contributed by atoms with E-state index in [-0.39, 0.29) is 5.82 Å². The predicted octanol–water partition coefficient (Wildman–Crippen LogP) is 10.5. The maximum Gasteiger partial charge on any atom is 0.171 e. The maximum atomic E-state index is 15.1. The van der Waals surface area contributed by atoms with E-state index in [4.69, 9.17) is 15.0 Å². The number of rotatable bonds is 7. The van der Waals surface area contributed by atoms with Gasteiger partial charge in [-0.15, -0.1) is 0 Å². The summed E-state index contributed by atoms with van der Waals surface area (Å²) >= 11 is 0. The standard InChI is InChI=1S/C48H30FN4OP/c49-36-27-23-35(24-28-36)47-51-46(34-21-19-32(31-50)20-22-34)52-48(53-47)45-42-17-9-7-15-40(42)44(41-16-8-10-18-43(41)45)33-25-29-39(30-26-33)55(54,37-11-3-1-4-12-37)38-13-5-2-6-14-38/h1-30H. The minimum atomic E-state index is -3.16. The number of hydrogen-bond donors (Lipinski definition) is 0. The van der Waals surface area contributed by atoms with E-state index in [1.165, 1.54) is 12.1 Å². The van der Waals surface area contributed by atoms with E-state index in [2.05, 4.69) is 42.5 Å². The van der Waals surface area contributed by atoms with Gasteiger partial charge in [0.05, 0.1) is 11.6 Å². The highest BCUT2D eigenvalue weighted by molar-refractivity contribution is 7.85. The van der Waals surface area contributed by atoms with Crippen LogP contribution < -0.4 is 15.9 Å². The molecular formula is C48H30FN4OP. The lowest BCUT2D eigenvalue weighted by Crippen LogP contribution is -2.24. The highest BCUT2D eigenvalue weighted by Gasteiger charge is 2.30. The Hall–Kier alpha value is -7.06. The fourth-order valence-corrected chi connectivity index (χ4v) is 9.93. The maximum absolute atomic E-state index is 15.1. The third-order valence-electron chi connectivity index (χ3n) is 9.92. The van der Waals surface area contributed by atoms with E-state index < -0.39 is 7.14 Å². The molecule has 0 spiro atoms. The van der Waals surface area contributed by atoms with Gasteiger partial charge in [-0.3, -0.25) is 0 Å². The Kier molecular flexibility index (Phi) is 8.63. The summed E-state index contributed by atoms with van der Waals surface area (Å²) < 4.78 is 29.2. The minimum Gasteiger partial charge on any atom is -0.309 e. The molecule has 0 N–H and O–H groups in total. The van der Waals surface area contributed by atoms with E-state index in [9.17, 15) is 9.65 Å². The van der Waals surface area contributed by atoms with Gasteiger partial charge in [-0.25, -0.2) is 19.3 Å². The van der Waals surface area contributed by atoms with E-state index in [0.717, 1.165) is 59.7 Å². The first-order valence-corrected chi connectivity index (χ1v) is 19.5. The molecule has 0 unspecified atom stereocenters. The Bertz CT molecular complexity index is 2850. The molecule has 0 radical (unpaired) electrons. The third kappa shape index (κ3) is 6.07. The number of aromatic nitrogens is 3. The molecular weight excluding hydrogens is 699 g/mol. The molecule has 0 aliphatic rings. The van der Waals surface area contributed by atoms with Crippen molar-refractivity contribution in [2.75, 3.05) is 0 Å². The van der Waals surface area contributed by atoms with Gasteiger partial charge >= 0.3 is 0 Å². The molecule has 0 saturated carbocycles. The molecule has 9 aromatic rings. The van der Waals surface area contributed by atoms with Crippen molar-refractivity contribution in [1.29, 1.82) is 5.26 Å². The molecule has 0 aliphatic carbocycles. The second kappa shape index (κ2) is 14.1. The third-order valence-corrected chi connectivity index (χ3v) is 13.0. The molecule has 1 heterocycles. The van der Waals surface area contributed by atoms with Crippen LogP contribution in [0.1, 0.15) is 5.56 Å². The van der Waals surface area contributed by atoms with Gasteiger partial charge in [0, 0.05) is 32.6 Å². The zero-order chi connectivity index (χ0) is 37.4. The zero-order valence-electron chi connectivity index (χ0n) is 29.3. The van der Waals surface area contributed by atoms with E-state index in [1.54, 1.807) is 24.3 Å². The van der Waals surface area contributed by atoms with Crippen LogP contribution in [0.4, 0.5) is 4.39 Å². The van der Waals surface area contributed by atoms with E-state index >= 15 is 4.57 Å². The predicted molar refractivity (Wildman–Crippen MR) is 221 cm³/mol. The largest absolute Gasteiger partial charge is 0.309 e. The summed E-state index contributed by atoms with van der Waals surface area (Å²) in [6.45, 7) is 0. The summed E-state index contributed by atoms with van der Waals surface area (Å²) in [6, 6.07) is 59.3. The Balaban J connectivity index is 1.26. The lowest BCUT2D eigenvalue weighted by atomic mass is 9.88. The number of nitrogens with zero attached hydrogens (tertiary/aromatic N) is 4. The number of nitriles is 1. The molecule has 55 heavy (non-hydrogen) atoms. The van der Waals surface area contributed by atoms with Gasteiger partial charge in [0.25, 0.3) is 0 Å². The molecule has 0 amide bonds. The summed E-state index contributed by atoms with van der Waals surface area (Å²) in [5.74, 6) is 0.949. The first-order valence-electron chi connectivity index (χ1n) is 17.8. The van der Waals surface area contributed by atoms with Crippen molar-refractivity contribution < 1.29 is 8.96 Å². The van der Waals surface area contributed by atoms with Crippen LogP contribution in [0.25, 0.3) is 66.8 Å². The molecule has 9 rings (SSSR count). The monoisotopic (exact) mass is 728 g/mol. The van der Waals surface area contributed by atoms with Crippen LogP contribution in [-0.2, 0) is 4.57 Å². The van der Waals surface area contributed by atoms with Crippen molar-refractivity contribution in [1.82, 2.24) is 15.0 Å². The molecule has 1 aromatic heterocycles. The summed E-state index contributed by atoms with van der Waals surface area (Å²) in [5, 5.41) is 15.6. The van der Waals surface area contributed by atoms with Gasteiger partial charge in [0.1, 0.15) is 5.82 Å². The lowest BCUT2D eigenvalue weighted by molar-refractivity contribution is 0.592. The van der Waals surface area contributed by atoms with Crippen molar-refractivity contribution in [3.8, 4) is 51.4 Å². The topological polar surface area (TPSA) is 79.5 Å². The molecule has 0 saturated heterocycles. The van der Waals surface area contributed by atoms with E-state index in [0.29, 0.717) is 28.6 Å². The molecule has 5 nitrogen and oxygen atoms in total. The first-order chi connectivity index (χ1) is 27.0. The smallest absolute Gasteiger partial charge is 0.171 e. The Morgan fingerprint density at radius 3 is 1.27 bits per heavy atom. The summed E-state index contributed by atoms with van der Waals surface area (Å²) in [5.41, 5.74) is 4.76. The average Bonchev–Trinajstić information content (AvgIpc) is 3.26. The molecule has 0 fully saturated rings. The fourth-order valence-electron chi connectivity index (χ4n) is 7.28. The summed E-state index contributed by atoms with van der Waals surface area (Å²) in [6.07, 6.45) is 0. The van der Waals surface area contributed by atoms with Crippen LogP contribution in [0.2, 0.25) is 0 Å². The van der Waals surface area contributed by atoms with Crippen molar-refractivity contribution in [2.45, 2.75) is 0 Å². The second-order valence-corrected chi connectivity index (χ2v) is 15.9. The highest BCUT2D eigenvalue weighted by Crippen LogP contribution is 2.45. The van der Waals surface area contributed by atoms with Gasteiger partial charge in [0.2, 0.25) is 0 Å². The molecule has 0 atom stereocenters. The zero-order valence-corrected chi connectivity index (χ0v) is 30.2. The molecule has 0 aliphatic heterocycles. The van der Waals surface area contributed by atoms with Crippen molar-refractivity contribution >= 4 is 44.6 Å². The fraction of sp³-hybridized carbons (Fsp3) is 0. The van der Waals surface area contributed by atoms with Crippen LogP contribution in [0, 0.1) is 17.1 Å². The number of benzene rings is 8. The van der Waals surface area contributed by atoms with Crippen molar-refractivity contribution in [3.63, 3.8) is 0 Å². The quantitative estimate of drug-likeness (QED) is 0.121. The Morgan fingerprint density at radius 1 is 0.418 bits per heavy atom. The molecule has 0 bridgehead atoms. The molecule has 8 aromatic carbocycles. The van der Waals surface area contributed by atoms with Gasteiger partial charge in [-0.2, -0.15) is 5.26 Å². The van der Waals surface area contributed by atoms with Crippen LogP contribution in [-0.4, -0.2) is 15.0 Å². The van der Waals surface area contributed by atoms with Gasteiger partial charge in [0.15, 0.2) is 24.6 Å². The summed E-state index contributed by atoms with van der Waals surface area (Å²) in [7, 11) is -3.16. The average molecular weight is 729 g/mol. The van der Waals surface area contributed by atoms with Gasteiger partial charge in [-0.05, 0) is 81.2 Å². The number of halogens is 1. The first kappa shape index (κ1) is 33.8. The number of fused-ring (bicyclic) bond motifs is 2. The van der Waals surface area contributed by atoms with Crippen LogP contribution in [0.5, 0.6) is 0 Å². The normalized spacial score (nSPS) is 11.4. The minimum absolute atomic E-state index is 0.353. The van der Waals surface area contributed by atoms with Gasteiger partial charge in [-0.1, -0.05) is 133 Å². The van der Waals surface area contributed by atoms with E-state index in [1.807, 2.05) is 109 Å². The SMILES string of the molecule is N#Cc1ccc(-c2nc(-c3ccc(F)cc3)nc(-c3c4ccccc4c(-c4ccc(P(=O)(c5ccccc5)c5ccccc5)cc4)c4ccccc34)n2)cc1. The van der Waals surface area contributed by atoms with Crippen molar-refractivity contribution in [3.05, 3.63) is 193 Å². The molecule has 260 valence electrons. The lowest BCUT2D eigenvalue weighted by Gasteiger charge is -2.21. The summed E-state index contributed by atoms with van der Waals surface area (Å²) in [4.78, 5) is 14.9. The van der Waals surface area contributed by atoms with Crippen LogP contribution in [0.15, 0.2) is 182 Å². The Labute approximate surface area is 317 Å². The highest BCUT2D eigenvalue weighted by atomic mass is 31.2. The number of hydrogen-bond acceptors (Lipinski definition) is 5. The van der Waals surface area contributed by atoms with Crippen LogP contribution in [0.3, 0.4) is 0 Å².